The smallest absolute Gasteiger partial charge is 0.328 e. The Bertz CT molecular complexity index is 1390. The molecule has 4 aromatic rings. The van der Waals surface area contributed by atoms with Gasteiger partial charge >= 0.3 is 11.9 Å². The van der Waals surface area contributed by atoms with Crippen molar-refractivity contribution in [2.24, 2.45) is 0 Å². The number of carboxylic acids is 2. The maximum Gasteiger partial charge on any atom is 0.328 e. The van der Waals surface area contributed by atoms with Gasteiger partial charge in [-0.15, -0.1) is 26.6 Å². The van der Waals surface area contributed by atoms with Gasteiger partial charge in [0, 0.05) is 37.5 Å². The first-order chi connectivity index (χ1) is 21.0. The summed E-state index contributed by atoms with van der Waals surface area (Å²) in [5.74, 6) is -1.65. The van der Waals surface area contributed by atoms with Crippen LogP contribution in [0.15, 0.2) is 96.3 Å². The molecule has 12 heteroatoms. The minimum Gasteiger partial charge on any atom is -0.478 e. The number of piperidine rings is 1. The molecule has 1 saturated heterocycles. The maximum atomic E-state index is 9.55. The highest BCUT2D eigenvalue weighted by Crippen LogP contribution is 2.30. The van der Waals surface area contributed by atoms with Crippen LogP contribution in [0.2, 0.25) is 0 Å². The summed E-state index contributed by atoms with van der Waals surface area (Å²) >= 11 is 1.67. The Kier molecular flexibility index (Phi) is 12.7. The highest BCUT2D eigenvalue weighted by atomic mass is 32.2. The lowest BCUT2D eigenvalue weighted by atomic mass is 10.00. The fraction of sp³-hybridized carbons (Fsp3) is 0.323. The number of carbonyl (C=O) groups is 2. The maximum absolute atomic E-state index is 9.55. The number of aromatic nitrogens is 4. The van der Waals surface area contributed by atoms with Gasteiger partial charge in [0.25, 0.3) is 0 Å². The molecule has 2 N–H and O–H groups in total. The molecule has 1 fully saturated rings. The fourth-order valence-electron chi connectivity index (χ4n) is 4.49. The van der Waals surface area contributed by atoms with Crippen molar-refractivity contribution in [3.05, 3.63) is 102 Å². The van der Waals surface area contributed by atoms with Gasteiger partial charge in [0.1, 0.15) is 17.5 Å². The lowest BCUT2D eigenvalue weighted by Gasteiger charge is -2.34. The number of benzene rings is 2. The lowest BCUT2D eigenvalue weighted by molar-refractivity contribution is -0.134. The third-order valence-electron chi connectivity index (χ3n) is 6.59. The quantitative estimate of drug-likeness (QED) is 0.129. The van der Waals surface area contributed by atoms with Gasteiger partial charge in [0.05, 0.1) is 19.3 Å². The van der Waals surface area contributed by atoms with E-state index in [2.05, 4.69) is 80.7 Å². The number of ether oxygens (including phenoxy) is 2. The van der Waals surface area contributed by atoms with Crippen LogP contribution in [0.1, 0.15) is 30.1 Å². The van der Waals surface area contributed by atoms with E-state index in [9.17, 15) is 9.59 Å². The van der Waals surface area contributed by atoms with Crippen molar-refractivity contribution in [3.63, 3.8) is 0 Å². The highest BCUT2D eigenvalue weighted by Gasteiger charge is 2.24. The van der Waals surface area contributed by atoms with E-state index >= 15 is 0 Å². The van der Waals surface area contributed by atoms with Crippen LogP contribution in [0.4, 0.5) is 0 Å². The Morgan fingerprint density at radius 1 is 0.907 bits per heavy atom. The predicted octanol–water partition coefficient (Wildman–Crippen LogP) is 4.22. The molecule has 1 aliphatic heterocycles. The van der Waals surface area contributed by atoms with Crippen LogP contribution in [-0.2, 0) is 19.1 Å². The Balaban J connectivity index is 0.000000467. The Labute approximate surface area is 254 Å². The van der Waals surface area contributed by atoms with Gasteiger partial charge in [-0.05, 0) is 36.1 Å². The topological polar surface area (TPSA) is 139 Å². The van der Waals surface area contributed by atoms with Crippen molar-refractivity contribution in [1.82, 2.24) is 24.7 Å². The number of thioether (sulfide) groups is 1. The van der Waals surface area contributed by atoms with Crippen molar-refractivity contribution >= 4 is 29.3 Å². The van der Waals surface area contributed by atoms with Crippen molar-refractivity contribution in [2.45, 2.75) is 30.1 Å². The molecule has 0 spiro atoms. The molecule has 0 bridgehead atoms. The van der Waals surface area contributed by atoms with Crippen molar-refractivity contribution in [1.29, 1.82) is 0 Å². The molecule has 0 unspecified atom stereocenters. The summed E-state index contributed by atoms with van der Waals surface area (Å²) in [5, 5.41) is 25.1. The van der Waals surface area contributed by atoms with E-state index in [1.165, 1.54) is 17.5 Å². The fourth-order valence-corrected chi connectivity index (χ4v) is 5.20. The first-order valence-corrected chi connectivity index (χ1v) is 15.0. The molecule has 11 nitrogen and oxygen atoms in total. The third kappa shape index (κ3) is 10.9. The van der Waals surface area contributed by atoms with Gasteiger partial charge in [-0.3, -0.25) is 0 Å². The standard InChI is InChI=1S/C27H31N5O2S.C4H4O4/c1-3-7-22(8-4-1)27(23-9-5-2-6-10-23)34-24-13-15-31(16-14-24)17-18-33-19-20-35-26-12-11-25-28-21-29-32(25)30-26;5-3(6)1-2-4(7)8/h1-12,21,24,27H,13-20H2;1-2H,(H,5,6)(H,7,8)/b;2-1+. The van der Waals surface area contributed by atoms with E-state index in [-0.39, 0.29) is 12.2 Å². The molecule has 43 heavy (non-hydrogen) atoms. The van der Waals surface area contributed by atoms with E-state index in [4.69, 9.17) is 19.7 Å². The summed E-state index contributed by atoms with van der Waals surface area (Å²) in [4.78, 5) is 25.7. The van der Waals surface area contributed by atoms with E-state index in [0.29, 0.717) is 18.8 Å². The number of likely N-dealkylation sites (tertiary alicyclic amines) is 1. The van der Waals surface area contributed by atoms with Gasteiger partial charge in [-0.1, -0.05) is 60.7 Å². The molecule has 0 amide bonds. The Hall–Kier alpha value is -4.10. The lowest BCUT2D eigenvalue weighted by Crippen LogP contribution is -2.39. The molecule has 2 aromatic carbocycles. The van der Waals surface area contributed by atoms with Crippen LogP contribution in [0.25, 0.3) is 5.65 Å². The number of hydrogen-bond donors (Lipinski definition) is 2. The number of carboxylic acid groups (broad SMARTS) is 2. The van der Waals surface area contributed by atoms with Crippen LogP contribution >= 0.6 is 11.8 Å². The summed E-state index contributed by atoms with van der Waals surface area (Å²) in [5.41, 5.74) is 3.18. The summed E-state index contributed by atoms with van der Waals surface area (Å²) in [6.07, 6.45) is 4.97. The summed E-state index contributed by atoms with van der Waals surface area (Å²) in [6.45, 7) is 4.50. The largest absolute Gasteiger partial charge is 0.478 e. The monoisotopic (exact) mass is 605 g/mol. The van der Waals surface area contributed by atoms with Crippen LogP contribution in [0.3, 0.4) is 0 Å². The zero-order chi connectivity index (χ0) is 30.3. The minimum atomic E-state index is -1.26. The minimum absolute atomic E-state index is 0.0189. The molecule has 2 aromatic heterocycles. The van der Waals surface area contributed by atoms with Crippen molar-refractivity contribution in [3.8, 4) is 0 Å². The van der Waals surface area contributed by atoms with Crippen LogP contribution in [0.5, 0.6) is 0 Å². The van der Waals surface area contributed by atoms with Crippen LogP contribution in [-0.4, -0.2) is 91.6 Å². The van der Waals surface area contributed by atoms with Crippen LogP contribution < -0.4 is 0 Å². The van der Waals surface area contributed by atoms with Crippen LogP contribution in [0, 0.1) is 0 Å². The normalized spacial score (nSPS) is 14.2. The molecule has 0 radical (unpaired) electrons. The van der Waals surface area contributed by atoms with E-state index in [1.54, 1.807) is 16.4 Å². The Morgan fingerprint density at radius 2 is 1.53 bits per heavy atom. The van der Waals surface area contributed by atoms with Crippen molar-refractivity contribution < 1.29 is 29.3 Å². The second kappa shape index (κ2) is 17.1. The first-order valence-electron chi connectivity index (χ1n) is 14.0. The molecular weight excluding hydrogens is 570 g/mol. The van der Waals surface area contributed by atoms with Gasteiger partial charge in [-0.2, -0.15) is 0 Å². The zero-order valence-corrected chi connectivity index (χ0v) is 24.5. The zero-order valence-electron chi connectivity index (χ0n) is 23.6. The first kappa shape index (κ1) is 31.8. The average Bonchev–Trinajstić information content (AvgIpc) is 3.50. The Morgan fingerprint density at radius 3 is 2.14 bits per heavy atom. The molecule has 0 saturated carbocycles. The van der Waals surface area contributed by atoms with Gasteiger partial charge in [0.2, 0.25) is 0 Å². The number of fused-ring (bicyclic) bond motifs is 1. The van der Waals surface area contributed by atoms with Gasteiger partial charge < -0.3 is 24.6 Å². The molecule has 226 valence electrons. The molecule has 0 atom stereocenters. The molecular formula is C31H35N5O6S. The second-order valence-corrected chi connectivity index (χ2v) is 10.7. The number of rotatable bonds is 13. The molecule has 5 rings (SSSR count). The summed E-state index contributed by atoms with van der Waals surface area (Å²) in [6, 6.07) is 25.0. The summed E-state index contributed by atoms with van der Waals surface area (Å²) < 4.78 is 14.1. The SMILES string of the molecule is O=C(O)/C=C/C(=O)O.c1ccc(C(OC2CCN(CCOCCSc3ccc4ncnn4n3)CC2)c2ccccc2)cc1. The molecule has 1 aliphatic rings. The average molecular weight is 606 g/mol. The van der Waals surface area contributed by atoms with E-state index < -0.39 is 11.9 Å². The van der Waals surface area contributed by atoms with Gasteiger partial charge in [0.15, 0.2) is 5.65 Å². The number of nitrogens with zero attached hydrogens (tertiary/aromatic N) is 5. The number of aliphatic carboxylic acids is 2. The van der Waals surface area contributed by atoms with Gasteiger partial charge in [-0.25, -0.2) is 14.6 Å². The number of hydrogen-bond acceptors (Lipinski definition) is 9. The second-order valence-electron chi connectivity index (χ2n) is 9.63. The molecule has 3 heterocycles. The van der Waals surface area contributed by atoms with E-state index in [1.807, 2.05) is 12.1 Å². The molecule has 0 aliphatic carbocycles. The van der Waals surface area contributed by atoms with E-state index in [0.717, 1.165) is 55.5 Å². The van der Waals surface area contributed by atoms with Crippen molar-refractivity contribution in [2.75, 3.05) is 38.6 Å². The third-order valence-corrected chi connectivity index (χ3v) is 7.47. The predicted molar refractivity (Wildman–Crippen MR) is 162 cm³/mol. The highest BCUT2D eigenvalue weighted by molar-refractivity contribution is 7.99. The summed E-state index contributed by atoms with van der Waals surface area (Å²) in [7, 11) is 0.